The molecule has 0 saturated carbocycles. The van der Waals surface area contributed by atoms with Crippen LogP contribution in [0.4, 0.5) is 0 Å². The zero-order chi connectivity index (χ0) is 12.4. The summed E-state index contributed by atoms with van der Waals surface area (Å²) in [5.74, 6) is -0.134. The van der Waals surface area contributed by atoms with Crippen molar-refractivity contribution in [1.29, 1.82) is 0 Å². The highest BCUT2D eigenvalue weighted by molar-refractivity contribution is 5.47. The van der Waals surface area contributed by atoms with Crippen molar-refractivity contribution in [1.82, 2.24) is 5.32 Å². The van der Waals surface area contributed by atoms with Gasteiger partial charge in [0, 0.05) is 12.6 Å². The van der Waals surface area contributed by atoms with Gasteiger partial charge in [-0.25, -0.2) is 0 Å². The number of nitrogens with one attached hydrogen (secondary N) is 1. The van der Waals surface area contributed by atoms with Gasteiger partial charge in [-0.05, 0) is 29.7 Å². The largest absolute Gasteiger partial charge is 0.504 e. The number of phenols is 2. The molecule has 0 fully saturated rings. The zero-order valence-electron chi connectivity index (χ0n) is 10.2. The molecule has 0 radical (unpaired) electrons. The SMILES string of the molecule is CC(C)NC[C@H]1OCCc2cc(O)c(O)cc21. The van der Waals surface area contributed by atoms with Gasteiger partial charge in [0.2, 0.25) is 0 Å². The molecule has 0 aromatic heterocycles. The molecule has 2 rings (SSSR count). The minimum absolute atomic E-state index is 0.0485. The van der Waals surface area contributed by atoms with Gasteiger partial charge in [0.1, 0.15) is 0 Å². The molecule has 1 heterocycles. The van der Waals surface area contributed by atoms with E-state index >= 15 is 0 Å². The van der Waals surface area contributed by atoms with Crippen LogP contribution < -0.4 is 5.32 Å². The summed E-state index contributed by atoms with van der Waals surface area (Å²) in [6.07, 6.45) is 0.731. The summed E-state index contributed by atoms with van der Waals surface area (Å²) in [4.78, 5) is 0. The van der Waals surface area contributed by atoms with Gasteiger partial charge in [0.05, 0.1) is 12.7 Å². The average molecular weight is 237 g/mol. The van der Waals surface area contributed by atoms with E-state index in [2.05, 4.69) is 19.2 Å². The molecule has 3 N–H and O–H groups in total. The summed E-state index contributed by atoms with van der Waals surface area (Å²) in [7, 11) is 0. The Balaban J connectivity index is 2.21. The molecule has 1 aromatic rings. The van der Waals surface area contributed by atoms with E-state index in [9.17, 15) is 10.2 Å². The number of hydrogen-bond donors (Lipinski definition) is 3. The lowest BCUT2D eigenvalue weighted by Gasteiger charge is -2.27. The first-order valence-electron chi connectivity index (χ1n) is 5.97. The first-order valence-corrected chi connectivity index (χ1v) is 5.97. The van der Waals surface area contributed by atoms with Crippen molar-refractivity contribution in [2.45, 2.75) is 32.4 Å². The molecular formula is C13H19NO3. The molecule has 0 amide bonds. The maximum atomic E-state index is 9.54. The van der Waals surface area contributed by atoms with Crippen molar-refractivity contribution in [3.8, 4) is 11.5 Å². The Bertz CT molecular complexity index is 404. The molecule has 4 nitrogen and oxygen atoms in total. The molecular weight excluding hydrogens is 218 g/mol. The van der Waals surface area contributed by atoms with Crippen molar-refractivity contribution in [2.75, 3.05) is 13.2 Å². The zero-order valence-corrected chi connectivity index (χ0v) is 10.2. The fourth-order valence-electron chi connectivity index (χ4n) is 2.07. The van der Waals surface area contributed by atoms with Crippen LogP contribution in [0.25, 0.3) is 0 Å². The Kier molecular flexibility index (Phi) is 3.54. The van der Waals surface area contributed by atoms with Crippen LogP contribution in [0, 0.1) is 0 Å². The molecule has 17 heavy (non-hydrogen) atoms. The van der Waals surface area contributed by atoms with Crippen LogP contribution in [0.15, 0.2) is 12.1 Å². The molecule has 0 spiro atoms. The second-order valence-electron chi connectivity index (χ2n) is 4.71. The summed E-state index contributed by atoms with van der Waals surface area (Å²) >= 11 is 0. The van der Waals surface area contributed by atoms with E-state index in [1.807, 2.05) is 0 Å². The van der Waals surface area contributed by atoms with Gasteiger partial charge in [0.15, 0.2) is 11.5 Å². The van der Waals surface area contributed by atoms with Gasteiger partial charge in [-0.3, -0.25) is 0 Å². The molecule has 0 bridgehead atoms. The highest BCUT2D eigenvalue weighted by atomic mass is 16.5. The Hall–Kier alpha value is -1.26. The van der Waals surface area contributed by atoms with Crippen LogP contribution in [0.2, 0.25) is 0 Å². The number of phenolic OH excluding ortho intramolecular Hbond substituents is 2. The van der Waals surface area contributed by atoms with Crippen LogP contribution in [0.1, 0.15) is 31.1 Å². The smallest absolute Gasteiger partial charge is 0.157 e. The lowest BCUT2D eigenvalue weighted by Crippen LogP contribution is -2.31. The normalized spacial score (nSPS) is 19.4. The van der Waals surface area contributed by atoms with Crippen molar-refractivity contribution >= 4 is 0 Å². The van der Waals surface area contributed by atoms with Crippen molar-refractivity contribution in [3.05, 3.63) is 23.3 Å². The van der Waals surface area contributed by atoms with E-state index < -0.39 is 0 Å². The predicted molar refractivity (Wildman–Crippen MR) is 65.3 cm³/mol. The second kappa shape index (κ2) is 4.94. The first-order chi connectivity index (χ1) is 8.08. The average Bonchev–Trinajstić information content (AvgIpc) is 2.28. The van der Waals surface area contributed by atoms with Crippen molar-refractivity contribution in [2.24, 2.45) is 0 Å². The quantitative estimate of drug-likeness (QED) is 0.700. The molecule has 0 aliphatic carbocycles. The van der Waals surface area contributed by atoms with Gasteiger partial charge in [-0.15, -0.1) is 0 Å². The fourth-order valence-corrected chi connectivity index (χ4v) is 2.07. The third-order valence-corrected chi connectivity index (χ3v) is 2.99. The van der Waals surface area contributed by atoms with Crippen molar-refractivity contribution < 1.29 is 14.9 Å². The summed E-state index contributed by atoms with van der Waals surface area (Å²) in [5.41, 5.74) is 2.03. The highest BCUT2D eigenvalue weighted by Gasteiger charge is 2.22. The Morgan fingerprint density at radius 3 is 2.76 bits per heavy atom. The van der Waals surface area contributed by atoms with Crippen LogP contribution in [0.3, 0.4) is 0 Å². The number of fused-ring (bicyclic) bond motifs is 1. The van der Waals surface area contributed by atoms with Gasteiger partial charge >= 0.3 is 0 Å². The highest BCUT2D eigenvalue weighted by Crippen LogP contribution is 2.35. The topological polar surface area (TPSA) is 61.7 Å². The maximum absolute atomic E-state index is 9.54. The molecule has 1 atom stereocenters. The van der Waals surface area contributed by atoms with E-state index in [1.54, 1.807) is 12.1 Å². The minimum atomic E-state index is -0.0798. The number of aromatic hydroxyl groups is 2. The summed E-state index contributed by atoms with van der Waals surface area (Å²) in [6, 6.07) is 3.64. The molecule has 1 aliphatic rings. The maximum Gasteiger partial charge on any atom is 0.157 e. The molecule has 1 aromatic carbocycles. The Labute approximate surface area is 101 Å². The number of hydrogen-bond acceptors (Lipinski definition) is 4. The molecule has 0 saturated heterocycles. The predicted octanol–water partition coefficient (Wildman–Crippen LogP) is 1.71. The minimum Gasteiger partial charge on any atom is -0.504 e. The van der Waals surface area contributed by atoms with E-state index in [4.69, 9.17) is 4.74 Å². The van der Waals surface area contributed by atoms with Gasteiger partial charge in [0.25, 0.3) is 0 Å². The molecule has 1 aliphatic heterocycles. The van der Waals surface area contributed by atoms with Crippen molar-refractivity contribution in [3.63, 3.8) is 0 Å². The van der Waals surface area contributed by atoms with Gasteiger partial charge in [-0.1, -0.05) is 13.8 Å². The second-order valence-corrected chi connectivity index (χ2v) is 4.71. The lowest BCUT2D eigenvalue weighted by atomic mass is 9.96. The van der Waals surface area contributed by atoms with Crippen LogP contribution >= 0.6 is 0 Å². The lowest BCUT2D eigenvalue weighted by molar-refractivity contribution is 0.0410. The number of ether oxygens (including phenoxy) is 1. The fraction of sp³-hybridized carbons (Fsp3) is 0.538. The monoisotopic (exact) mass is 237 g/mol. The molecule has 94 valence electrons. The van der Waals surface area contributed by atoms with E-state index in [-0.39, 0.29) is 17.6 Å². The first kappa shape index (κ1) is 12.2. The third kappa shape index (κ3) is 2.70. The molecule has 4 heteroatoms. The molecule has 0 unspecified atom stereocenters. The van der Waals surface area contributed by atoms with Gasteiger partial charge in [-0.2, -0.15) is 0 Å². The van der Waals surface area contributed by atoms with E-state index in [0.717, 1.165) is 24.1 Å². The van der Waals surface area contributed by atoms with E-state index in [1.165, 1.54) is 0 Å². The standard InChI is InChI=1S/C13H19NO3/c1-8(2)14-7-13-10-6-12(16)11(15)5-9(10)3-4-17-13/h5-6,8,13-16H,3-4,7H2,1-2H3/t13-/m1/s1. The summed E-state index contributed by atoms with van der Waals surface area (Å²) in [5, 5.41) is 22.3. The van der Waals surface area contributed by atoms with E-state index in [0.29, 0.717) is 12.6 Å². The van der Waals surface area contributed by atoms with Crippen LogP contribution in [0.5, 0.6) is 11.5 Å². The van der Waals surface area contributed by atoms with Crippen LogP contribution in [-0.4, -0.2) is 29.4 Å². The summed E-state index contributed by atoms with van der Waals surface area (Å²) < 4.78 is 5.69. The Morgan fingerprint density at radius 2 is 2.06 bits per heavy atom. The van der Waals surface area contributed by atoms with Gasteiger partial charge < -0.3 is 20.3 Å². The number of rotatable bonds is 3. The Morgan fingerprint density at radius 1 is 1.35 bits per heavy atom. The summed E-state index contributed by atoms with van der Waals surface area (Å²) in [6.45, 7) is 5.53. The van der Waals surface area contributed by atoms with Crippen LogP contribution in [-0.2, 0) is 11.2 Å². The third-order valence-electron chi connectivity index (χ3n) is 2.99. The number of benzene rings is 1.